The molecule has 6 nitrogen and oxygen atoms in total. The lowest BCUT2D eigenvalue weighted by molar-refractivity contribution is -0.116. The molecule has 0 fully saturated rings. The van der Waals surface area contributed by atoms with Gasteiger partial charge in [0.15, 0.2) is 0 Å². The van der Waals surface area contributed by atoms with Crippen LogP contribution in [0.3, 0.4) is 0 Å². The van der Waals surface area contributed by atoms with Crippen molar-refractivity contribution in [3.05, 3.63) is 35.7 Å². The van der Waals surface area contributed by atoms with Crippen LogP contribution in [0.4, 0.5) is 15.8 Å². The summed E-state index contributed by atoms with van der Waals surface area (Å²) in [4.78, 5) is 15.3. The Labute approximate surface area is 115 Å². The zero-order valence-corrected chi connectivity index (χ0v) is 11.0. The fraction of sp³-hybridized carbons (Fsp3) is 0.308. The number of benzene rings is 1. The molecule has 2 heterocycles. The van der Waals surface area contributed by atoms with Crippen LogP contribution in [0.2, 0.25) is 0 Å². The van der Waals surface area contributed by atoms with E-state index < -0.39 is 5.82 Å². The van der Waals surface area contributed by atoms with Crippen molar-refractivity contribution >= 4 is 17.3 Å². The number of carbonyl (C=O) groups excluding carboxylic acids is 1. The molecule has 1 aliphatic heterocycles. The molecule has 104 valence electrons. The molecule has 2 aromatic rings. The molecule has 0 spiro atoms. The van der Waals surface area contributed by atoms with Crippen molar-refractivity contribution in [1.29, 1.82) is 0 Å². The lowest BCUT2D eigenvalue weighted by Gasteiger charge is -2.18. The van der Waals surface area contributed by atoms with Gasteiger partial charge >= 0.3 is 0 Å². The highest BCUT2D eigenvalue weighted by atomic mass is 19.1. The Hall–Kier alpha value is -2.44. The van der Waals surface area contributed by atoms with Gasteiger partial charge in [-0.25, -0.2) is 9.37 Å². The first kappa shape index (κ1) is 12.6. The molecule has 3 rings (SSSR count). The van der Waals surface area contributed by atoms with Crippen LogP contribution < -0.4 is 10.6 Å². The van der Waals surface area contributed by atoms with Gasteiger partial charge in [-0.2, -0.15) is 5.10 Å². The molecule has 0 saturated carbocycles. The second-order valence-corrected chi connectivity index (χ2v) is 4.69. The highest BCUT2D eigenvalue weighted by molar-refractivity contribution is 5.94. The van der Waals surface area contributed by atoms with Crippen molar-refractivity contribution in [3.8, 4) is 0 Å². The fourth-order valence-electron chi connectivity index (χ4n) is 2.19. The number of halogens is 1. The van der Waals surface area contributed by atoms with Crippen LogP contribution in [0.25, 0.3) is 0 Å². The number of rotatable bonds is 3. The van der Waals surface area contributed by atoms with Crippen LogP contribution >= 0.6 is 0 Å². The van der Waals surface area contributed by atoms with Gasteiger partial charge in [-0.1, -0.05) is 0 Å². The number of hydrogen-bond acceptors (Lipinski definition) is 4. The highest BCUT2D eigenvalue weighted by Gasteiger charge is 2.17. The predicted octanol–water partition coefficient (Wildman–Crippen LogP) is 1.45. The minimum atomic E-state index is -0.395. The largest absolute Gasteiger partial charge is 0.375 e. The van der Waals surface area contributed by atoms with E-state index in [4.69, 9.17) is 0 Å². The number of anilines is 2. The van der Waals surface area contributed by atoms with E-state index in [9.17, 15) is 9.18 Å². The lowest BCUT2D eigenvalue weighted by atomic mass is 10.0. The van der Waals surface area contributed by atoms with Crippen molar-refractivity contribution < 1.29 is 9.18 Å². The Morgan fingerprint density at radius 3 is 3.05 bits per heavy atom. The van der Waals surface area contributed by atoms with E-state index in [2.05, 4.69) is 20.7 Å². The van der Waals surface area contributed by atoms with Gasteiger partial charge < -0.3 is 10.6 Å². The third-order valence-electron chi connectivity index (χ3n) is 3.33. The molecule has 0 radical (unpaired) electrons. The monoisotopic (exact) mass is 275 g/mol. The molecule has 0 saturated heterocycles. The molecule has 1 aromatic heterocycles. The molecule has 1 aliphatic rings. The van der Waals surface area contributed by atoms with Crippen LogP contribution in [-0.2, 0) is 24.8 Å². The molecule has 1 aromatic carbocycles. The van der Waals surface area contributed by atoms with E-state index >= 15 is 0 Å². The van der Waals surface area contributed by atoms with Gasteiger partial charge in [0, 0.05) is 19.2 Å². The van der Waals surface area contributed by atoms with Crippen LogP contribution in [-0.4, -0.2) is 20.7 Å². The zero-order valence-electron chi connectivity index (χ0n) is 11.0. The van der Waals surface area contributed by atoms with Crippen molar-refractivity contribution in [2.45, 2.75) is 19.4 Å². The van der Waals surface area contributed by atoms with Crippen molar-refractivity contribution in [3.63, 3.8) is 0 Å². The lowest BCUT2D eigenvalue weighted by Crippen LogP contribution is -2.19. The van der Waals surface area contributed by atoms with Gasteiger partial charge in [-0.05, 0) is 24.1 Å². The fourth-order valence-corrected chi connectivity index (χ4v) is 2.19. The molecule has 2 N–H and O–H groups in total. The summed E-state index contributed by atoms with van der Waals surface area (Å²) < 4.78 is 15.6. The quantitative estimate of drug-likeness (QED) is 0.889. The minimum Gasteiger partial charge on any atom is -0.375 e. The summed E-state index contributed by atoms with van der Waals surface area (Å²) in [6.45, 7) is 0.387. The third kappa shape index (κ3) is 2.34. The first-order chi connectivity index (χ1) is 9.63. The number of aryl methyl sites for hydroxylation is 2. The number of nitrogens with one attached hydrogen (secondary N) is 2. The molecule has 7 heteroatoms. The van der Waals surface area contributed by atoms with Gasteiger partial charge in [0.2, 0.25) is 5.91 Å². The van der Waals surface area contributed by atoms with Crippen LogP contribution in [0, 0.1) is 5.82 Å². The maximum Gasteiger partial charge on any atom is 0.224 e. The molecule has 0 atom stereocenters. The average Bonchev–Trinajstić information content (AvgIpc) is 2.82. The third-order valence-corrected chi connectivity index (χ3v) is 3.33. The summed E-state index contributed by atoms with van der Waals surface area (Å²) in [5, 5.41) is 9.63. The van der Waals surface area contributed by atoms with Gasteiger partial charge in [-0.15, -0.1) is 0 Å². The van der Waals surface area contributed by atoms with E-state index in [0.29, 0.717) is 30.8 Å². The van der Waals surface area contributed by atoms with Gasteiger partial charge in [0.25, 0.3) is 0 Å². The van der Waals surface area contributed by atoms with Crippen molar-refractivity contribution in [2.24, 2.45) is 7.05 Å². The number of hydrogen-bond donors (Lipinski definition) is 2. The summed E-state index contributed by atoms with van der Waals surface area (Å²) in [5.74, 6) is 0.250. The summed E-state index contributed by atoms with van der Waals surface area (Å²) in [6, 6.07) is 3.09. The van der Waals surface area contributed by atoms with E-state index in [1.165, 1.54) is 12.4 Å². The van der Waals surface area contributed by atoms with E-state index in [1.807, 2.05) is 0 Å². The number of carbonyl (C=O) groups is 1. The maximum absolute atomic E-state index is 14.0. The molecule has 20 heavy (non-hydrogen) atoms. The zero-order chi connectivity index (χ0) is 14.1. The Bertz CT molecular complexity index is 667. The summed E-state index contributed by atoms with van der Waals surface area (Å²) in [6.07, 6.45) is 2.51. The molecular formula is C13H14FN5O. The first-order valence-corrected chi connectivity index (χ1v) is 6.32. The molecule has 0 aliphatic carbocycles. The second-order valence-electron chi connectivity index (χ2n) is 4.69. The maximum atomic E-state index is 14.0. The Kier molecular flexibility index (Phi) is 3.09. The standard InChI is InChI=1S/C13H14FN5O/c1-19-12(16-7-17-19)6-15-11-4-8-2-3-13(20)18-10(8)5-9(11)14/h4-5,7,15H,2-3,6H2,1H3,(H,18,20). The molecule has 1 amide bonds. The van der Waals surface area contributed by atoms with Crippen LogP contribution in [0.5, 0.6) is 0 Å². The average molecular weight is 275 g/mol. The van der Waals surface area contributed by atoms with Crippen LogP contribution in [0.1, 0.15) is 17.8 Å². The smallest absolute Gasteiger partial charge is 0.224 e. The van der Waals surface area contributed by atoms with Gasteiger partial charge in [-0.3, -0.25) is 9.48 Å². The van der Waals surface area contributed by atoms with Gasteiger partial charge in [0.05, 0.1) is 12.2 Å². The van der Waals surface area contributed by atoms with E-state index in [-0.39, 0.29) is 5.91 Å². The summed E-state index contributed by atoms with van der Waals surface area (Å²) in [7, 11) is 1.78. The molecule has 0 bridgehead atoms. The highest BCUT2D eigenvalue weighted by Crippen LogP contribution is 2.28. The summed E-state index contributed by atoms with van der Waals surface area (Å²) in [5.41, 5.74) is 1.90. The van der Waals surface area contributed by atoms with E-state index in [0.717, 1.165) is 11.4 Å². The number of fused-ring (bicyclic) bond motifs is 1. The second kappa shape index (κ2) is 4.92. The normalized spacial score (nSPS) is 13.8. The number of nitrogens with zero attached hydrogens (tertiary/aromatic N) is 3. The Morgan fingerprint density at radius 1 is 1.45 bits per heavy atom. The first-order valence-electron chi connectivity index (χ1n) is 6.32. The number of aromatic nitrogens is 3. The minimum absolute atomic E-state index is 0.0725. The Morgan fingerprint density at radius 2 is 2.30 bits per heavy atom. The van der Waals surface area contributed by atoms with E-state index in [1.54, 1.807) is 17.8 Å². The van der Waals surface area contributed by atoms with Gasteiger partial charge in [0.1, 0.15) is 18.0 Å². The molecule has 0 unspecified atom stereocenters. The SMILES string of the molecule is Cn1ncnc1CNc1cc2c(cc1F)NC(=O)CC2. The van der Waals surface area contributed by atoms with Crippen molar-refractivity contribution in [1.82, 2.24) is 14.8 Å². The predicted molar refractivity (Wildman–Crippen MR) is 71.7 cm³/mol. The number of amides is 1. The van der Waals surface area contributed by atoms with Crippen molar-refractivity contribution in [2.75, 3.05) is 10.6 Å². The Balaban J connectivity index is 1.80. The molecular weight excluding hydrogens is 261 g/mol. The van der Waals surface area contributed by atoms with Crippen LogP contribution in [0.15, 0.2) is 18.5 Å². The topological polar surface area (TPSA) is 71.8 Å². The summed E-state index contributed by atoms with van der Waals surface area (Å²) >= 11 is 0.